The summed E-state index contributed by atoms with van der Waals surface area (Å²) in [5.74, 6) is 0. The van der Waals surface area contributed by atoms with E-state index in [9.17, 15) is 0 Å². The number of pyridine rings is 1. The van der Waals surface area contributed by atoms with Gasteiger partial charge in [-0.25, -0.2) is 9.97 Å². The number of hydrogen-bond donors (Lipinski definition) is 0. The Hall–Kier alpha value is -1.35. The summed E-state index contributed by atoms with van der Waals surface area (Å²) in [5, 5.41) is 0.495. The molecule has 13 heavy (non-hydrogen) atoms. The van der Waals surface area contributed by atoms with Crippen LogP contribution in [-0.4, -0.2) is 14.5 Å². The van der Waals surface area contributed by atoms with Crippen LogP contribution in [0.3, 0.4) is 0 Å². The van der Waals surface area contributed by atoms with Gasteiger partial charge in [0.15, 0.2) is 0 Å². The lowest BCUT2D eigenvalue weighted by Crippen LogP contribution is -1.94. The molecule has 0 aliphatic carbocycles. The van der Waals surface area contributed by atoms with Gasteiger partial charge in [0.25, 0.3) is 0 Å². The van der Waals surface area contributed by atoms with Gasteiger partial charge < -0.3 is 4.57 Å². The monoisotopic (exact) mass is 193 g/mol. The van der Waals surface area contributed by atoms with E-state index < -0.39 is 0 Å². The van der Waals surface area contributed by atoms with E-state index in [1.54, 1.807) is 18.7 Å². The Morgan fingerprint density at radius 1 is 1.46 bits per heavy atom. The third kappa shape index (κ3) is 1.55. The molecule has 66 valence electrons. The molecular formula is C9H8ClN3. The number of rotatable bonds is 1. The third-order valence-electron chi connectivity index (χ3n) is 1.82. The number of imidazole rings is 1. The van der Waals surface area contributed by atoms with Gasteiger partial charge in [-0.05, 0) is 18.6 Å². The Bertz CT molecular complexity index is 409. The molecule has 0 aromatic carbocycles. The minimum Gasteiger partial charge on any atom is -0.306 e. The van der Waals surface area contributed by atoms with Crippen molar-refractivity contribution in [3.8, 4) is 5.69 Å². The topological polar surface area (TPSA) is 30.7 Å². The quantitative estimate of drug-likeness (QED) is 0.651. The summed E-state index contributed by atoms with van der Waals surface area (Å²) < 4.78 is 1.91. The van der Waals surface area contributed by atoms with E-state index in [1.165, 1.54) is 0 Å². The van der Waals surface area contributed by atoms with Crippen LogP contribution >= 0.6 is 11.6 Å². The molecule has 3 nitrogen and oxygen atoms in total. The van der Waals surface area contributed by atoms with Gasteiger partial charge >= 0.3 is 0 Å². The first-order valence-corrected chi connectivity index (χ1v) is 4.25. The molecule has 2 aromatic rings. The van der Waals surface area contributed by atoms with Crippen LogP contribution in [-0.2, 0) is 0 Å². The average Bonchev–Trinajstić information content (AvgIpc) is 2.61. The van der Waals surface area contributed by atoms with Crippen molar-refractivity contribution in [1.82, 2.24) is 14.5 Å². The van der Waals surface area contributed by atoms with Gasteiger partial charge in [-0.15, -0.1) is 0 Å². The minimum absolute atomic E-state index is 0.495. The first-order valence-electron chi connectivity index (χ1n) is 3.88. The highest BCUT2D eigenvalue weighted by atomic mass is 35.5. The van der Waals surface area contributed by atoms with Crippen molar-refractivity contribution in [1.29, 1.82) is 0 Å². The fourth-order valence-corrected chi connectivity index (χ4v) is 1.32. The Labute approximate surface area is 81.0 Å². The van der Waals surface area contributed by atoms with Gasteiger partial charge in [0, 0.05) is 18.6 Å². The fourth-order valence-electron chi connectivity index (χ4n) is 1.17. The number of nitrogens with zero attached hydrogens (tertiary/aromatic N) is 3. The molecule has 2 heterocycles. The summed E-state index contributed by atoms with van der Waals surface area (Å²) in [6, 6.07) is 1.82. The van der Waals surface area contributed by atoms with E-state index in [0.29, 0.717) is 5.15 Å². The molecule has 0 spiro atoms. The smallest absolute Gasteiger partial charge is 0.131 e. The minimum atomic E-state index is 0.495. The lowest BCUT2D eigenvalue weighted by Gasteiger charge is -2.05. The molecular weight excluding hydrogens is 186 g/mol. The van der Waals surface area contributed by atoms with Gasteiger partial charge in [0.05, 0.1) is 12.0 Å². The van der Waals surface area contributed by atoms with Crippen LogP contribution < -0.4 is 0 Å². The Morgan fingerprint density at radius 2 is 2.31 bits per heavy atom. The first kappa shape index (κ1) is 8.26. The molecule has 0 saturated heterocycles. The predicted molar refractivity (Wildman–Crippen MR) is 51.1 cm³/mol. The molecule has 2 rings (SSSR count). The van der Waals surface area contributed by atoms with Crippen molar-refractivity contribution in [3.05, 3.63) is 41.7 Å². The van der Waals surface area contributed by atoms with E-state index in [4.69, 9.17) is 11.6 Å². The molecule has 0 atom stereocenters. The first-order chi connectivity index (χ1) is 6.27. The molecule has 0 aliphatic heterocycles. The molecule has 0 radical (unpaired) electrons. The molecule has 0 aliphatic rings. The van der Waals surface area contributed by atoms with E-state index in [1.807, 2.05) is 23.8 Å². The van der Waals surface area contributed by atoms with Crippen LogP contribution in [0.15, 0.2) is 31.0 Å². The summed E-state index contributed by atoms with van der Waals surface area (Å²) >= 11 is 5.79. The highest BCUT2D eigenvalue weighted by Crippen LogP contribution is 2.16. The van der Waals surface area contributed by atoms with Crippen molar-refractivity contribution in [2.45, 2.75) is 6.92 Å². The number of hydrogen-bond acceptors (Lipinski definition) is 2. The third-order valence-corrected chi connectivity index (χ3v) is 2.03. The Morgan fingerprint density at radius 3 is 3.00 bits per heavy atom. The van der Waals surface area contributed by atoms with Crippen LogP contribution in [0, 0.1) is 6.92 Å². The summed E-state index contributed by atoms with van der Waals surface area (Å²) in [7, 11) is 0. The Kier molecular flexibility index (Phi) is 2.02. The second kappa shape index (κ2) is 3.18. The zero-order chi connectivity index (χ0) is 9.26. The second-order valence-electron chi connectivity index (χ2n) is 2.76. The van der Waals surface area contributed by atoms with Gasteiger partial charge in [0.1, 0.15) is 5.15 Å². The van der Waals surface area contributed by atoms with Crippen LogP contribution in [0.1, 0.15) is 5.56 Å². The summed E-state index contributed by atoms with van der Waals surface area (Å²) in [6.45, 7) is 1.98. The standard InChI is InChI=1S/C9H8ClN3/c1-7-5-12-9(10)4-8(7)13-3-2-11-6-13/h2-6H,1H3. The van der Waals surface area contributed by atoms with Gasteiger partial charge in [-0.1, -0.05) is 11.6 Å². The fraction of sp³-hybridized carbons (Fsp3) is 0.111. The number of aryl methyl sites for hydroxylation is 1. The van der Waals surface area contributed by atoms with E-state index in [-0.39, 0.29) is 0 Å². The molecule has 0 saturated carbocycles. The maximum atomic E-state index is 5.79. The average molecular weight is 194 g/mol. The van der Waals surface area contributed by atoms with Crippen molar-refractivity contribution in [2.24, 2.45) is 0 Å². The predicted octanol–water partition coefficient (Wildman–Crippen LogP) is 2.23. The zero-order valence-electron chi connectivity index (χ0n) is 7.11. The SMILES string of the molecule is Cc1cnc(Cl)cc1-n1ccnc1. The van der Waals surface area contributed by atoms with Crippen LogP contribution in [0.4, 0.5) is 0 Å². The van der Waals surface area contributed by atoms with Crippen molar-refractivity contribution < 1.29 is 0 Å². The highest BCUT2D eigenvalue weighted by molar-refractivity contribution is 6.29. The van der Waals surface area contributed by atoms with Crippen LogP contribution in [0.5, 0.6) is 0 Å². The maximum absolute atomic E-state index is 5.79. The zero-order valence-corrected chi connectivity index (χ0v) is 7.86. The largest absolute Gasteiger partial charge is 0.306 e. The van der Waals surface area contributed by atoms with Gasteiger partial charge in [0.2, 0.25) is 0 Å². The lowest BCUT2D eigenvalue weighted by atomic mass is 10.2. The molecule has 0 bridgehead atoms. The van der Waals surface area contributed by atoms with E-state index >= 15 is 0 Å². The van der Waals surface area contributed by atoms with Gasteiger partial charge in [-0.2, -0.15) is 0 Å². The Balaban J connectivity index is 2.57. The maximum Gasteiger partial charge on any atom is 0.131 e. The second-order valence-corrected chi connectivity index (χ2v) is 3.15. The number of aromatic nitrogens is 3. The molecule has 0 amide bonds. The lowest BCUT2D eigenvalue weighted by molar-refractivity contribution is 1.03. The highest BCUT2D eigenvalue weighted by Gasteiger charge is 2.01. The molecule has 4 heteroatoms. The van der Waals surface area contributed by atoms with Crippen LogP contribution in [0.2, 0.25) is 5.15 Å². The summed E-state index contributed by atoms with van der Waals surface area (Å²) in [4.78, 5) is 7.95. The van der Waals surface area contributed by atoms with Crippen molar-refractivity contribution in [2.75, 3.05) is 0 Å². The normalized spacial score (nSPS) is 10.3. The molecule has 2 aromatic heterocycles. The summed E-state index contributed by atoms with van der Waals surface area (Å²) in [6.07, 6.45) is 7.09. The van der Waals surface area contributed by atoms with Crippen LogP contribution in [0.25, 0.3) is 5.69 Å². The van der Waals surface area contributed by atoms with Crippen molar-refractivity contribution in [3.63, 3.8) is 0 Å². The molecule has 0 N–H and O–H groups in total. The van der Waals surface area contributed by atoms with Crippen molar-refractivity contribution >= 4 is 11.6 Å². The van der Waals surface area contributed by atoms with Gasteiger partial charge in [-0.3, -0.25) is 0 Å². The molecule has 0 fully saturated rings. The van der Waals surface area contributed by atoms with E-state index in [2.05, 4.69) is 9.97 Å². The number of halogens is 1. The molecule has 0 unspecified atom stereocenters. The van der Waals surface area contributed by atoms with E-state index in [0.717, 1.165) is 11.3 Å². The summed E-state index contributed by atoms with van der Waals surface area (Å²) in [5.41, 5.74) is 2.08.